The van der Waals surface area contributed by atoms with E-state index in [1.807, 2.05) is 0 Å². The number of aliphatic carboxylic acids is 1. The molecule has 0 aliphatic carbocycles. The average molecular weight is 369 g/mol. The Kier molecular flexibility index (Phi) is 3.87. The second-order valence-electron chi connectivity index (χ2n) is 6.23. The molecule has 0 saturated carbocycles. The maximum Gasteiger partial charge on any atom is 0.308 e. The first kappa shape index (κ1) is 16.8. The summed E-state index contributed by atoms with van der Waals surface area (Å²) in [4.78, 5) is 45.6. The highest BCUT2D eigenvalue weighted by atomic mass is 16.4. The van der Waals surface area contributed by atoms with Crippen LogP contribution in [0.1, 0.15) is 27.4 Å². The topological polar surface area (TPSA) is 144 Å². The highest BCUT2D eigenvalue weighted by molar-refractivity contribution is 5.99. The van der Waals surface area contributed by atoms with Gasteiger partial charge in [-0.2, -0.15) is 0 Å². The van der Waals surface area contributed by atoms with Gasteiger partial charge in [0.2, 0.25) is 0 Å². The molecule has 0 unspecified atom stereocenters. The van der Waals surface area contributed by atoms with E-state index in [4.69, 9.17) is 15.3 Å². The smallest absolute Gasteiger partial charge is 0.308 e. The summed E-state index contributed by atoms with van der Waals surface area (Å²) >= 11 is 0. The lowest BCUT2D eigenvalue weighted by Gasteiger charge is -2.17. The van der Waals surface area contributed by atoms with Crippen molar-refractivity contribution in [2.45, 2.75) is 6.42 Å². The van der Waals surface area contributed by atoms with Crippen molar-refractivity contribution in [1.82, 2.24) is 19.3 Å². The summed E-state index contributed by atoms with van der Waals surface area (Å²) in [7, 11) is 0. The molecule has 0 radical (unpaired) electrons. The fraction of sp³-hybridized carbons (Fsp3) is 0.235. The molecule has 138 valence electrons. The van der Waals surface area contributed by atoms with Gasteiger partial charge in [-0.25, -0.2) is 9.97 Å². The molecular weight excluding hydrogens is 354 g/mol. The number of rotatable bonds is 4. The number of fused-ring (bicyclic) bond motifs is 1. The molecule has 27 heavy (non-hydrogen) atoms. The molecule has 1 saturated heterocycles. The van der Waals surface area contributed by atoms with Crippen molar-refractivity contribution in [2.24, 2.45) is 11.7 Å². The number of imidazole rings is 1. The van der Waals surface area contributed by atoms with E-state index in [0.717, 1.165) is 0 Å². The zero-order chi connectivity index (χ0) is 19.1. The molecular formula is C17H15N5O5. The molecule has 3 N–H and O–H groups in total. The van der Waals surface area contributed by atoms with Gasteiger partial charge in [0.1, 0.15) is 17.7 Å². The number of carboxylic acids is 1. The van der Waals surface area contributed by atoms with E-state index < -0.39 is 17.8 Å². The molecule has 0 aromatic carbocycles. The maximum atomic E-state index is 13.0. The standard InChI is InChI=1S/C17H15N5O5/c18-14(23)13-15-20-10(12-2-1-5-27-12)6-11(22(15)8-19-13)16(24)21-4-3-9(7-21)17(25)26/h1-2,5-6,8-9H,3-4,7H2,(H2,18,23)(H,25,26)/t9-/m0/s1. The van der Waals surface area contributed by atoms with Gasteiger partial charge >= 0.3 is 5.97 Å². The summed E-state index contributed by atoms with van der Waals surface area (Å²) in [6.45, 7) is 0.443. The van der Waals surface area contributed by atoms with E-state index in [9.17, 15) is 14.4 Å². The molecule has 3 aromatic rings. The van der Waals surface area contributed by atoms with Crippen LogP contribution in [0.3, 0.4) is 0 Å². The van der Waals surface area contributed by atoms with Gasteiger partial charge in [0.15, 0.2) is 17.1 Å². The molecule has 3 aromatic heterocycles. The van der Waals surface area contributed by atoms with Crippen LogP contribution < -0.4 is 5.73 Å². The van der Waals surface area contributed by atoms with Gasteiger partial charge in [0, 0.05) is 13.1 Å². The Morgan fingerprint density at radius 3 is 2.78 bits per heavy atom. The molecule has 1 aliphatic rings. The summed E-state index contributed by atoms with van der Waals surface area (Å²) in [5.74, 6) is -2.27. The monoisotopic (exact) mass is 369 g/mol. The van der Waals surface area contributed by atoms with Crippen LogP contribution in [-0.4, -0.2) is 55.2 Å². The van der Waals surface area contributed by atoms with Crippen LogP contribution in [0, 0.1) is 5.92 Å². The Labute approximate surface area is 152 Å². The zero-order valence-corrected chi connectivity index (χ0v) is 14.0. The number of nitrogens with two attached hydrogens (primary N) is 1. The number of carboxylic acid groups (broad SMARTS) is 1. The number of nitrogens with zero attached hydrogens (tertiary/aromatic N) is 4. The summed E-state index contributed by atoms with van der Waals surface area (Å²) in [6, 6.07) is 4.87. The van der Waals surface area contributed by atoms with Crippen LogP contribution in [0.5, 0.6) is 0 Å². The van der Waals surface area contributed by atoms with E-state index in [2.05, 4.69) is 9.97 Å². The van der Waals surface area contributed by atoms with Gasteiger partial charge < -0.3 is 20.2 Å². The Hall–Kier alpha value is -3.69. The molecule has 10 nitrogen and oxygen atoms in total. The lowest BCUT2D eigenvalue weighted by Crippen LogP contribution is -2.31. The molecule has 1 atom stereocenters. The number of hydrogen-bond donors (Lipinski definition) is 2. The lowest BCUT2D eigenvalue weighted by atomic mass is 10.1. The Balaban J connectivity index is 1.83. The third kappa shape index (κ3) is 2.80. The van der Waals surface area contributed by atoms with Crippen molar-refractivity contribution < 1.29 is 23.9 Å². The van der Waals surface area contributed by atoms with Crippen LogP contribution in [0.25, 0.3) is 17.1 Å². The van der Waals surface area contributed by atoms with Crippen LogP contribution in [0.2, 0.25) is 0 Å². The van der Waals surface area contributed by atoms with Crippen LogP contribution in [0.15, 0.2) is 35.2 Å². The second-order valence-corrected chi connectivity index (χ2v) is 6.23. The van der Waals surface area contributed by atoms with Crippen LogP contribution >= 0.6 is 0 Å². The normalized spacial score (nSPS) is 16.7. The van der Waals surface area contributed by atoms with Crippen molar-refractivity contribution in [1.29, 1.82) is 0 Å². The zero-order valence-electron chi connectivity index (χ0n) is 14.0. The maximum absolute atomic E-state index is 13.0. The highest BCUT2D eigenvalue weighted by Gasteiger charge is 2.33. The lowest BCUT2D eigenvalue weighted by molar-refractivity contribution is -0.141. The molecule has 0 bridgehead atoms. The second kappa shape index (κ2) is 6.24. The average Bonchev–Trinajstić information content (AvgIpc) is 3.39. The third-order valence-electron chi connectivity index (χ3n) is 4.55. The van der Waals surface area contributed by atoms with E-state index in [0.29, 0.717) is 24.4 Å². The highest BCUT2D eigenvalue weighted by Crippen LogP contribution is 2.24. The van der Waals surface area contributed by atoms with E-state index in [1.54, 1.807) is 12.1 Å². The van der Waals surface area contributed by atoms with Gasteiger partial charge in [-0.05, 0) is 24.6 Å². The van der Waals surface area contributed by atoms with E-state index in [-0.39, 0.29) is 29.5 Å². The van der Waals surface area contributed by atoms with E-state index in [1.165, 1.54) is 28.0 Å². The number of carbonyl (C=O) groups excluding carboxylic acids is 2. The van der Waals surface area contributed by atoms with Gasteiger partial charge in [-0.15, -0.1) is 0 Å². The number of likely N-dealkylation sites (tertiary alicyclic amines) is 1. The summed E-state index contributed by atoms with van der Waals surface area (Å²) in [5, 5.41) is 9.16. The number of amides is 2. The molecule has 4 heterocycles. The predicted octanol–water partition coefficient (Wildman–Crippen LogP) is 0.635. The Morgan fingerprint density at radius 1 is 1.33 bits per heavy atom. The Bertz CT molecular complexity index is 1060. The Morgan fingerprint density at radius 2 is 2.15 bits per heavy atom. The largest absolute Gasteiger partial charge is 0.481 e. The minimum atomic E-state index is -0.930. The molecule has 4 rings (SSSR count). The van der Waals surface area contributed by atoms with Crippen LogP contribution in [0.4, 0.5) is 0 Å². The summed E-state index contributed by atoms with van der Waals surface area (Å²) in [6.07, 6.45) is 3.15. The number of primary amides is 1. The summed E-state index contributed by atoms with van der Waals surface area (Å²) in [5.41, 5.74) is 5.95. The van der Waals surface area contributed by atoms with Crippen molar-refractivity contribution in [2.75, 3.05) is 13.1 Å². The molecule has 1 aliphatic heterocycles. The molecule has 1 fully saturated rings. The number of aromatic nitrogens is 3. The third-order valence-corrected chi connectivity index (χ3v) is 4.55. The number of carbonyl (C=O) groups is 3. The van der Waals surface area contributed by atoms with Crippen molar-refractivity contribution in [3.05, 3.63) is 42.2 Å². The van der Waals surface area contributed by atoms with Crippen molar-refractivity contribution >= 4 is 23.4 Å². The first-order chi connectivity index (χ1) is 13.0. The van der Waals surface area contributed by atoms with Gasteiger partial charge in [0.25, 0.3) is 11.8 Å². The number of furan rings is 1. The summed E-state index contributed by atoms with van der Waals surface area (Å²) < 4.78 is 6.72. The SMILES string of the molecule is NC(=O)c1ncn2c(C(=O)N3CC[C@H](C(=O)O)C3)cc(-c3ccco3)nc12. The fourth-order valence-corrected chi connectivity index (χ4v) is 3.17. The van der Waals surface area contributed by atoms with Crippen molar-refractivity contribution in [3.8, 4) is 11.5 Å². The van der Waals surface area contributed by atoms with Gasteiger partial charge in [0.05, 0.1) is 12.2 Å². The predicted molar refractivity (Wildman–Crippen MR) is 90.9 cm³/mol. The molecule has 10 heteroatoms. The van der Waals surface area contributed by atoms with Gasteiger partial charge in [-0.3, -0.25) is 18.8 Å². The molecule has 2 amide bonds. The molecule has 0 spiro atoms. The van der Waals surface area contributed by atoms with Crippen LogP contribution in [-0.2, 0) is 4.79 Å². The minimum absolute atomic E-state index is 0.0673. The number of hydrogen-bond acceptors (Lipinski definition) is 6. The first-order valence-corrected chi connectivity index (χ1v) is 8.19. The fourth-order valence-electron chi connectivity index (χ4n) is 3.17. The van der Waals surface area contributed by atoms with Gasteiger partial charge in [-0.1, -0.05) is 0 Å². The quantitative estimate of drug-likeness (QED) is 0.686. The van der Waals surface area contributed by atoms with E-state index >= 15 is 0 Å². The minimum Gasteiger partial charge on any atom is -0.481 e. The first-order valence-electron chi connectivity index (χ1n) is 8.19. The van der Waals surface area contributed by atoms with Crippen molar-refractivity contribution in [3.63, 3.8) is 0 Å².